The molecule has 0 spiro atoms. The van der Waals surface area contributed by atoms with Gasteiger partial charge in [0.05, 0.1) is 4.90 Å². The topological polar surface area (TPSA) is 66.5 Å². The lowest BCUT2D eigenvalue weighted by atomic mass is 9.53. The Morgan fingerprint density at radius 1 is 1.04 bits per heavy atom. The van der Waals surface area contributed by atoms with Gasteiger partial charge in [0.2, 0.25) is 10.0 Å². The van der Waals surface area contributed by atoms with Crippen LogP contribution in [-0.4, -0.2) is 37.3 Å². The van der Waals surface area contributed by atoms with Gasteiger partial charge >= 0.3 is 0 Å². The summed E-state index contributed by atoms with van der Waals surface area (Å²) in [4.78, 5) is 13.1. The van der Waals surface area contributed by atoms with E-state index >= 15 is 0 Å². The first-order valence-electron chi connectivity index (χ1n) is 10.1. The third-order valence-electron chi connectivity index (χ3n) is 6.94. The molecule has 0 unspecified atom stereocenters. The van der Waals surface area contributed by atoms with Gasteiger partial charge in [0.1, 0.15) is 0 Å². The maximum absolute atomic E-state index is 12.9. The standard InChI is InChI=1S/C21H30N2O3S/c1-14(2)23(3)27(25,26)19-6-4-18(5-7-19)20(24)22-21-11-15-8-16(12-21)10-17(9-15)13-21/h4-7,14-17H,8-13H2,1-3H3,(H,22,24). The lowest BCUT2D eigenvalue weighted by Crippen LogP contribution is -2.59. The predicted molar refractivity (Wildman–Crippen MR) is 105 cm³/mol. The fraction of sp³-hybridized carbons (Fsp3) is 0.667. The molecule has 0 radical (unpaired) electrons. The Balaban J connectivity index is 1.49. The zero-order valence-electron chi connectivity index (χ0n) is 16.4. The highest BCUT2D eigenvalue weighted by molar-refractivity contribution is 7.89. The Hall–Kier alpha value is -1.40. The molecule has 5 rings (SSSR count). The highest BCUT2D eigenvalue weighted by Crippen LogP contribution is 2.55. The van der Waals surface area contributed by atoms with E-state index in [0.717, 1.165) is 37.0 Å². The van der Waals surface area contributed by atoms with Gasteiger partial charge in [-0.15, -0.1) is 0 Å². The number of hydrogen-bond acceptors (Lipinski definition) is 3. The molecule has 4 bridgehead atoms. The third-order valence-corrected chi connectivity index (χ3v) is 8.99. The molecule has 1 aromatic carbocycles. The summed E-state index contributed by atoms with van der Waals surface area (Å²) in [6.07, 6.45) is 7.34. The maximum Gasteiger partial charge on any atom is 0.251 e. The summed E-state index contributed by atoms with van der Waals surface area (Å²) in [7, 11) is -1.95. The van der Waals surface area contributed by atoms with E-state index in [1.54, 1.807) is 31.3 Å². The van der Waals surface area contributed by atoms with Crippen molar-refractivity contribution in [2.24, 2.45) is 17.8 Å². The van der Waals surface area contributed by atoms with Crippen molar-refractivity contribution in [3.63, 3.8) is 0 Å². The van der Waals surface area contributed by atoms with Gasteiger partial charge in [0.15, 0.2) is 0 Å². The molecular weight excluding hydrogens is 360 g/mol. The van der Waals surface area contributed by atoms with Crippen LogP contribution in [0, 0.1) is 17.8 Å². The minimum Gasteiger partial charge on any atom is -0.347 e. The number of rotatable bonds is 5. The number of sulfonamides is 1. The van der Waals surface area contributed by atoms with E-state index in [2.05, 4.69) is 5.32 Å². The van der Waals surface area contributed by atoms with Crippen molar-refractivity contribution < 1.29 is 13.2 Å². The van der Waals surface area contributed by atoms with Crippen LogP contribution in [0.3, 0.4) is 0 Å². The Morgan fingerprint density at radius 3 is 1.96 bits per heavy atom. The van der Waals surface area contributed by atoms with Crippen molar-refractivity contribution in [1.29, 1.82) is 0 Å². The number of carbonyl (C=O) groups excluding carboxylic acids is 1. The molecule has 1 amide bonds. The predicted octanol–water partition coefficient (Wildman–Crippen LogP) is 3.41. The molecule has 27 heavy (non-hydrogen) atoms. The average Bonchev–Trinajstić information content (AvgIpc) is 2.59. The van der Waals surface area contributed by atoms with E-state index in [9.17, 15) is 13.2 Å². The zero-order valence-corrected chi connectivity index (χ0v) is 17.3. The third kappa shape index (κ3) is 3.42. The molecule has 6 heteroatoms. The second kappa shape index (κ2) is 6.59. The van der Waals surface area contributed by atoms with E-state index in [4.69, 9.17) is 0 Å². The normalized spacial score (nSPS) is 32.3. The summed E-state index contributed by atoms with van der Waals surface area (Å²) < 4.78 is 26.5. The van der Waals surface area contributed by atoms with Crippen LogP contribution < -0.4 is 5.32 Å². The first-order chi connectivity index (χ1) is 12.7. The van der Waals surface area contributed by atoms with E-state index in [1.165, 1.54) is 23.6 Å². The molecule has 4 saturated carbocycles. The molecule has 5 nitrogen and oxygen atoms in total. The molecule has 0 saturated heterocycles. The SMILES string of the molecule is CC(C)N(C)S(=O)(=O)c1ccc(C(=O)NC23CC4CC(CC(C4)C2)C3)cc1. The zero-order chi connectivity index (χ0) is 19.4. The summed E-state index contributed by atoms with van der Waals surface area (Å²) >= 11 is 0. The number of nitrogens with zero attached hydrogens (tertiary/aromatic N) is 1. The number of nitrogens with one attached hydrogen (secondary N) is 1. The van der Waals surface area contributed by atoms with E-state index in [-0.39, 0.29) is 22.4 Å². The van der Waals surface area contributed by atoms with Crippen LogP contribution >= 0.6 is 0 Å². The molecule has 4 aliphatic rings. The largest absolute Gasteiger partial charge is 0.347 e. The summed E-state index contributed by atoms with van der Waals surface area (Å²) in [5, 5.41) is 3.34. The van der Waals surface area contributed by atoms with Gasteiger partial charge in [-0.25, -0.2) is 8.42 Å². The Bertz CT molecular complexity index is 794. The molecule has 1 N–H and O–H groups in total. The highest BCUT2D eigenvalue weighted by Gasteiger charge is 2.51. The fourth-order valence-electron chi connectivity index (χ4n) is 5.80. The van der Waals surface area contributed by atoms with Crippen molar-refractivity contribution in [3.05, 3.63) is 29.8 Å². The quantitative estimate of drug-likeness (QED) is 0.838. The monoisotopic (exact) mass is 390 g/mol. The molecular formula is C21H30N2O3S. The van der Waals surface area contributed by atoms with E-state index in [1.807, 2.05) is 13.8 Å². The van der Waals surface area contributed by atoms with Crippen LogP contribution in [0.4, 0.5) is 0 Å². The van der Waals surface area contributed by atoms with Crippen LogP contribution in [0.1, 0.15) is 62.7 Å². The summed E-state index contributed by atoms with van der Waals surface area (Å²) in [6, 6.07) is 6.24. The van der Waals surface area contributed by atoms with Crippen molar-refractivity contribution in [2.75, 3.05) is 7.05 Å². The van der Waals surface area contributed by atoms with Crippen LogP contribution in [-0.2, 0) is 10.0 Å². The Kier molecular flexibility index (Phi) is 4.62. The second-order valence-corrected chi connectivity index (χ2v) is 11.3. The number of benzene rings is 1. The summed E-state index contributed by atoms with van der Waals surface area (Å²) in [5.41, 5.74) is 0.505. The Morgan fingerprint density at radius 2 is 1.52 bits per heavy atom. The first kappa shape index (κ1) is 18.9. The van der Waals surface area contributed by atoms with Crippen LogP contribution in [0.2, 0.25) is 0 Å². The number of hydrogen-bond donors (Lipinski definition) is 1. The van der Waals surface area contributed by atoms with Gasteiger partial charge in [-0.3, -0.25) is 4.79 Å². The van der Waals surface area contributed by atoms with Gasteiger partial charge < -0.3 is 5.32 Å². The van der Waals surface area contributed by atoms with Crippen molar-refractivity contribution in [2.45, 2.75) is 68.8 Å². The molecule has 1 aromatic rings. The Labute approximate surface area is 162 Å². The number of amides is 1. The molecule has 148 valence electrons. The van der Waals surface area contributed by atoms with E-state index < -0.39 is 10.0 Å². The summed E-state index contributed by atoms with van der Waals surface area (Å²) in [5.74, 6) is 2.25. The van der Waals surface area contributed by atoms with Gasteiger partial charge in [-0.1, -0.05) is 0 Å². The smallest absolute Gasteiger partial charge is 0.251 e. The van der Waals surface area contributed by atoms with Crippen molar-refractivity contribution >= 4 is 15.9 Å². The van der Waals surface area contributed by atoms with Crippen molar-refractivity contribution in [1.82, 2.24) is 9.62 Å². The van der Waals surface area contributed by atoms with Crippen molar-refractivity contribution in [3.8, 4) is 0 Å². The van der Waals surface area contributed by atoms with Crippen LogP contribution in [0.25, 0.3) is 0 Å². The van der Waals surface area contributed by atoms with Gasteiger partial charge in [-0.05, 0) is 94.4 Å². The number of carbonyl (C=O) groups is 1. The fourth-order valence-corrected chi connectivity index (χ4v) is 7.17. The molecule has 0 aliphatic heterocycles. The average molecular weight is 391 g/mol. The first-order valence-corrected chi connectivity index (χ1v) is 11.5. The lowest BCUT2D eigenvalue weighted by molar-refractivity contribution is -0.0167. The molecule has 4 aliphatic carbocycles. The maximum atomic E-state index is 12.9. The summed E-state index contributed by atoms with van der Waals surface area (Å²) in [6.45, 7) is 3.68. The van der Waals surface area contributed by atoms with Crippen LogP contribution in [0.15, 0.2) is 29.2 Å². The van der Waals surface area contributed by atoms with Gasteiger partial charge in [-0.2, -0.15) is 4.31 Å². The molecule has 0 atom stereocenters. The molecule has 4 fully saturated rings. The van der Waals surface area contributed by atoms with Gasteiger partial charge in [0.25, 0.3) is 5.91 Å². The minimum absolute atomic E-state index is 0.0333. The van der Waals surface area contributed by atoms with E-state index in [0.29, 0.717) is 5.56 Å². The van der Waals surface area contributed by atoms with Gasteiger partial charge in [0, 0.05) is 24.2 Å². The van der Waals surface area contributed by atoms with Crippen LogP contribution in [0.5, 0.6) is 0 Å². The minimum atomic E-state index is -3.52. The molecule has 0 heterocycles. The molecule has 0 aromatic heterocycles. The lowest BCUT2D eigenvalue weighted by Gasteiger charge is -2.56. The second-order valence-electron chi connectivity index (χ2n) is 9.29. The highest BCUT2D eigenvalue weighted by atomic mass is 32.2.